The molecule has 2 aromatic carbocycles. The second-order valence-corrected chi connectivity index (χ2v) is 5.78. The lowest BCUT2D eigenvalue weighted by Gasteiger charge is -2.19. The third kappa shape index (κ3) is 3.85. The molecule has 110 valence electrons. The zero-order chi connectivity index (χ0) is 14.5. The standard InChI is InChI=1S/C19H23NO/c1-21-18-11-7-15(8-12-18)13-14-20-19(17-9-10-17)16-5-3-2-4-6-16/h2-8,11-12,17,19-20H,9-10,13-14H2,1H3. The fraction of sp³-hybridized carbons (Fsp3) is 0.368. The zero-order valence-electron chi connectivity index (χ0n) is 12.6. The van der Waals surface area contributed by atoms with Gasteiger partial charge in [0.25, 0.3) is 0 Å². The highest BCUT2D eigenvalue weighted by Gasteiger charge is 2.31. The Morgan fingerprint density at radius 2 is 1.76 bits per heavy atom. The lowest BCUT2D eigenvalue weighted by molar-refractivity contribution is 0.414. The van der Waals surface area contributed by atoms with Crippen LogP contribution in [0.4, 0.5) is 0 Å². The molecule has 2 nitrogen and oxygen atoms in total. The number of methoxy groups -OCH3 is 1. The van der Waals surface area contributed by atoms with Gasteiger partial charge in [0.05, 0.1) is 7.11 Å². The summed E-state index contributed by atoms with van der Waals surface area (Å²) in [6, 6.07) is 19.7. The number of hydrogen-bond acceptors (Lipinski definition) is 2. The summed E-state index contributed by atoms with van der Waals surface area (Å²) in [5, 5.41) is 3.74. The molecule has 3 rings (SSSR count). The van der Waals surface area contributed by atoms with E-state index in [9.17, 15) is 0 Å². The van der Waals surface area contributed by atoms with Crippen LogP contribution < -0.4 is 10.1 Å². The summed E-state index contributed by atoms with van der Waals surface area (Å²) in [4.78, 5) is 0. The van der Waals surface area contributed by atoms with Gasteiger partial charge in [-0.1, -0.05) is 42.5 Å². The van der Waals surface area contributed by atoms with E-state index in [1.807, 2.05) is 12.1 Å². The van der Waals surface area contributed by atoms with Gasteiger partial charge in [-0.05, 0) is 55.0 Å². The van der Waals surface area contributed by atoms with Crippen LogP contribution in [0.25, 0.3) is 0 Å². The third-order valence-corrected chi connectivity index (χ3v) is 4.19. The van der Waals surface area contributed by atoms with Gasteiger partial charge >= 0.3 is 0 Å². The first kappa shape index (κ1) is 14.2. The van der Waals surface area contributed by atoms with Gasteiger partial charge in [0.1, 0.15) is 5.75 Å². The lowest BCUT2D eigenvalue weighted by atomic mass is 10.0. The van der Waals surface area contributed by atoms with Crippen LogP contribution in [0.1, 0.15) is 30.0 Å². The van der Waals surface area contributed by atoms with E-state index in [0.717, 1.165) is 24.6 Å². The molecule has 0 radical (unpaired) electrons. The van der Waals surface area contributed by atoms with Crippen molar-refractivity contribution in [1.82, 2.24) is 5.32 Å². The summed E-state index contributed by atoms with van der Waals surface area (Å²) in [5.41, 5.74) is 2.78. The van der Waals surface area contributed by atoms with Gasteiger partial charge in [-0.25, -0.2) is 0 Å². The molecular weight excluding hydrogens is 258 g/mol. The number of benzene rings is 2. The normalized spacial score (nSPS) is 15.7. The lowest BCUT2D eigenvalue weighted by Crippen LogP contribution is -2.25. The van der Waals surface area contributed by atoms with Crippen molar-refractivity contribution in [1.29, 1.82) is 0 Å². The zero-order valence-corrected chi connectivity index (χ0v) is 12.6. The molecule has 1 N–H and O–H groups in total. The van der Waals surface area contributed by atoms with Crippen LogP contribution in [0.15, 0.2) is 54.6 Å². The summed E-state index contributed by atoms with van der Waals surface area (Å²) in [6.07, 6.45) is 3.77. The molecule has 0 heterocycles. The van der Waals surface area contributed by atoms with Crippen molar-refractivity contribution in [3.63, 3.8) is 0 Å². The minimum Gasteiger partial charge on any atom is -0.497 e. The average Bonchev–Trinajstić information content (AvgIpc) is 3.38. The van der Waals surface area contributed by atoms with E-state index in [0.29, 0.717) is 6.04 Å². The number of ether oxygens (including phenoxy) is 1. The Morgan fingerprint density at radius 3 is 2.38 bits per heavy atom. The molecule has 1 fully saturated rings. The molecule has 21 heavy (non-hydrogen) atoms. The minimum absolute atomic E-state index is 0.518. The summed E-state index contributed by atoms with van der Waals surface area (Å²) in [6.45, 7) is 1.02. The molecule has 0 aliphatic heterocycles. The fourth-order valence-electron chi connectivity index (χ4n) is 2.81. The molecule has 0 aromatic heterocycles. The molecular formula is C19H23NO. The van der Waals surface area contributed by atoms with Crippen LogP contribution in [0, 0.1) is 5.92 Å². The van der Waals surface area contributed by atoms with Crippen molar-refractivity contribution in [3.8, 4) is 5.75 Å². The maximum absolute atomic E-state index is 5.19. The van der Waals surface area contributed by atoms with Gasteiger partial charge in [-0.2, -0.15) is 0 Å². The predicted octanol–water partition coefficient (Wildman–Crippen LogP) is 3.98. The molecule has 1 saturated carbocycles. The summed E-state index contributed by atoms with van der Waals surface area (Å²) >= 11 is 0. The highest BCUT2D eigenvalue weighted by Crippen LogP contribution is 2.40. The summed E-state index contributed by atoms with van der Waals surface area (Å²) in [5.74, 6) is 1.75. The first-order valence-electron chi connectivity index (χ1n) is 7.78. The topological polar surface area (TPSA) is 21.3 Å². The first-order valence-corrected chi connectivity index (χ1v) is 7.78. The molecule has 0 bridgehead atoms. The second-order valence-electron chi connectivity index (χ2n) is 5.78. The Kier molecular flexibility index (Phi) is 4.56. The van der Waals surface area contributed by atoms with Gasteiger partial charge in [-0.3, -0.25) is 0 Å². The van der Waals surface area contributed by atoms with Gasteiger partial charge in [-0.15, -0.1) is 0 Å². The van der Waals surface area contributed by atoms with E-state index in [4.69, 9.17) is 4.74 Å². The van der Waals surface area contributed by atoms with Crippen molar-refractivity contribution in [2.75, 3.05) is 13.7 Å². The van der Waals surface area contributed by atoms with E-state index in [1.54, 1.807) is 7.11 Å². The molecule has 0 spiro atoms. The monoisotopic (exact) mass is 281 g/mol. The Bertz CT molecular complexity index is 546. The van der Waals surface area contributed by atoms with Gasteiger partial charge in [0.2, 0.25) is 0 Å². The van der Waals surface area contributed by atoms with Crippen molar-refractivity contribution < 1.29 is 4.74 Å². The van der Waals surface area contributed by atoms with Crippen LogP contribution in [0.2, 0.25) is 0 Å². The summed E-state index contributed by atoms with van der Waals surface area (Å²) < 4.78 is 5.19. The van der Waals surface area contributed by atoms with E-state index in [1.165, 1.54) is 24.0 Å². The summed E-state index contributed by atoms with van der Waals surface area (Å²) in [7, 11) is 1.71. The SMILES string of the molecule is COc1ccc(CCNC(c2ccccc2)C2CC2)cc1. The quantitative estimate of drug-likeness (QED) is 0.829. The molecule has 1 unspecified atom stereocenters. The highest BCUT2D eigenvalue weighted by atomic mass is 16.5. The van der Waals surface area contributed by atoms with E-state index < -0.39 is 0 Å². The van der Waals surface area contributed by atoms with Crippen LogP contribution in [0.3, 0.4) is 0 Å². The Hall–Kier alpha value is -1.80. The third-order valence-electron chi connectivity index (χ3n) is 4.19. The van der Waals surface area contributed by atoms with E-state index in [2.05, 4.69) is 47.8 Å². The van der Waals surface area contributed by atoms with Crippen molar-refractivity contribution in [2.24, 2.45) is 5.92 Å². The molecule has 0 amide bonds. The molecule has 1 aliphatic carbocycles. The van der Waals surface area contributed by atoms with Crippen LogP contribution >= 0.6 is 0 Å². The van der Waals surface area contributed by atoms with Gasteiger partial charge < -0.3 is 10.1 Å². The Morgan fingerprint density at radius 1 is 1.05 bits per heavy atom. The molecule has 1 atom stereocenters. The van der Waals surface area contributed by atoms with E-state index >= 15 is 0 Å². The maximum atomic E-state index is 5.19. The van der Waals surface area contributed by atoms with Crippen LogP contribution in [-0.4, -0.2) is 13.7 Å². The minimum atomic E-state index is 0.518. The largest absolute Gasteiger partial charge is 0.497 e. The van der Waals surface area contributed by atoms with Crippen molar-refractivity contribution in [2.45, 2.75) is 25.3 Å². The van der Waals surface area contributed by atoms with Crippen molar-refractivity contribution >= 4 is 0 Å². The smallest absolute Gasteiger partial charge is 0.118 e. The van der Waals surface area contributed by atoms with E-state index in [-0.39, 0.29) is 0 Å². The maximum Gasteiger partial charge on any atom is 0.118 e. The van der Waals surface area contributed by atoms with Gasteiger partial charge in [0, 0.05) is 6.04 Å². The number of rotatable bonds is 7. The highest BCUT2D eigenvalue weighted by molar-refractivity contribution is 5.27. The number of hydrogen-bond donors (Lipinski definition) is 1. The molecule has 2 heteroatoms. The molecule has 2 aromatic rings. The Labute approximate surface area is 127 Å². The predicted molar refractivity (Wildman–Crippen MR) is 86.6 cm³/mol. The average molecular weight is 281 g/mol. The molecule has 0 saturated heterocycles. The second kappa shape index (κ2) is 6.77. The molecule has 1 aliphatic rings. The van der Waals surface area contributed by atoms with Gasteiger partial charge in [0.15, 0.2) is 0 Å². The van der Waals surface area contributed by atoms with Crippen molar-refractivity contribution in [3.05, 3.63) is 65.7 Å². The number of nitrogens with one attached hydrogen (secondary N) is 1. The van der Waals surface area contributed by atoms with Crippen LogP contribution in [0.5, 0.6) is 5.75 Å². The van der Waals surface area contributed by atoms with Crippen LogP contribution in [-0.2, 0) is 6.42 Å². The first-order chi connectivity index (χ1) is 10.4. The fourth-order valence-corrected chi connectivity index (χ4v) is 2.81. The Balaban J connectivity index is 1.55.